The van der Waals surface area contributed by atoms with Gasteiger partial charge < -0.3 is 0 Å². The van der Waals surface area contributed by atoms with Crippen LogP contribution in [0.1, 0.15) is 38.2 Å². The molecule has 0 amide bonds. The first-order valence-electron chi connectivity index (χ1n) is 5.65. The van der Waals surface area contributed by atoms with Crippen molar-refractivity contribution in [3.8, 4) is 0 Å². The average molecular weight is 204 g/mol. The Morgan fingerprint density at radius 2 is 2.00 bits per heavy atom. The van der Waals surface area contributed by atoms with E-state index in [9.17, 15) is 4.39 Å². The number of allylic oxidation sites excluding steroid dienone is 2. The first-order valence-corrected chi connectivity index (χ1v) is 5.65. The third kappa shape index (κ3) is 2.11. The van der Waals surface area contributed by atoms with Gasteiger partial charge in [-0.05, 0) is 30.9 Å². The number of benzene rings is 1. The van der Waals surface area contributed by atoms with Crippen LogP contribution in [-0.4, -0.2) is 0 Å². The summed E-state index contributed by atoms with van der Waals surface area (Å²) in [6.45, 7) is 2.13. The second kappa shape index (κ2) is 4.18. The zero-order chi connectivity index (χ0) is 10.7. The molecule has 80 valence electrons. The fourth-order valence-corrected chi connectivity index (χ4v) is 2.33. The molecule has 0 N–H and O–H groups in total. The van der Waals surface area contributed by atoms with E-state index < -0.39 is 0 Å². The van der Waals surface area contributed by atoms with E-state index in [-0.39, 0.29) is 11.2 Å². The Morgan fingerprint density at radius 1 is 1.20 bits per heavy atom. The van der Waals surface area contributed by atoms with Crippen LogP contribution >= 0.6 is 0 Å². The second-order valence-corrected chi connectivity index (χ2v) is 4.55. The number of hydrogen-bond acceptors (Lipinski definition) is 0. The van der Waals surface area contributed by atoms with Crippen molar-refractivity contribution in [3.05, 3.63) is 47.8 Å². The van der Waals surface area contributed by atoms with E-state index in [1.54, 1.807) is 12.1 Å². The van der Waals surface area contributed by atoms with Gasteiger partial charge in [-0.2, -0.15) is 0 Å². The molecule has 2 rings (SSSR count). The predicted molar refractivity (Wildman–Crippen MR) is 61.4 cm³/mol. The number of hydrogen-bond donors (Lipinski definition) is 0. The first kappa shape index (κ1) is 10.4. The van der Waals surface area contributed by atoms with Crippen LogP contribution < -0.4 is 0 Å². The number of rotatable bonds is 1. The normalized spacial score (nSPS) is 26.3. The molecule has 0 nitrogen and oxygen atoms in total. The molecule has 0 aromatic heterocycles. The zero-order valence-electron chi connectivity index (χ0n) is 9.17. The van der Waals surface area contributed by atoms with Gasteiger partial charge in [-0.1, -0.05) is 43.7 Å². The Kier molecular flexibility index (Phi) is 2.90. The SMILES string of the molecule is C[C@]1(c2ccccc2F)C=CCCCC1. The van der Waals surface area contributed by atoms with Gasteiger partial charge >= 0.3 is 0 Å². The fraction of sp³-hybridized carbons (Fsp3) is 0.429. The summed E-state index contributed by atoms with van der Waals surface area (Å²) in [7, 11) is 0. The third-order valence-corrected chi connectivity index (χ3v) is 3.29. The van der Waals surface area contributed by atoms with E-state index in [2.05, 4.69) is 19.1 Å². The molecule has 0 unspecified atom stereocenters. The molecule has 0 saturated heterocycles. The van der Waals surface area contributed by atoms with Gasteiger partial charge in [0.25, 0.3) is 0 Å². The van der Waals surface area contributed by atoms with Crippen LogP contribution in [-0.2, 0) is 5.41 Å². The standard InChI is InChI=1S/C14H17F/c1-14(10-6-2-3-7-11-14)12-8-4-5-9-13(12)15/h4-6,8-10H,2-3,7,11H2,1H3/t14-/m0/s1. The van der Waals surface area contributed by atoms with Crippen LogP contribution in [0.2, 0.25) is 0 Å². The van der Waals surface area contributed by atoms with E-state index in [1.165, 1.54) is 12.8 Å². The Hall–Kier alpha value is -1.11. The van der Waals surface area contributed by atoms with Gasteiger partial charge in [0, 0.05) is 5.41 Å². The van der Waals surface area contributed by atoms with E-state index in [0.29, 0.717) is 0 Å². The summed E-state index contributed by atoms with van der Waals surface area (Å²) in [4.78, 5) is 0. The molecule has 1 aromatic carbocycles. The molecular formula is C14H17F. The van der Waals surface area contributed by atoms with Gasteiger partial charge in [0.15, 0.2) is 0 Å². The molecule has 1 heteroatoms. The van der Waals surface area contributed by atoms with E-state index in [4.69, 9.17) is 0 Å². The highest BCUT2D eigenvalue weighted by molar-refractivity contribution is 5.31. The Balaban J connectivity index is 2.39. The fourth-order valence-electron chi connectivity index (χ4n) is 2.33. The summed E-state index contributed by atoms with van der Waals surface area (Å²) in [6.07, 6.45) is 8.95. The molecular weight excluding hydrogens is 187 g/mol. The maximum absolute atomic E-state index is 13.7. The molecule has 0 saturated carbocycles. The van der Waals surface area contributed by atoms with Crippen LogP contribution in [0, 0.1) is 5.82 Å². The van der Waals surface area contributed by atoms with E-state index in [0.717, 1.165) is 18.4 Å². The molecule has 0 spiro atoms. The van der Waals surface area contributed by atoms with Gasteiger partial charge in [-0.25, -0.2) is 4.39 Å². The lowest BCUT2D eigenvalue weighted by molar-refractivity contribution is 0.484. The molecule has 1 aliphatic carbocycles. The summed E-state index contributed by atoms with van der Waals surface area (Å²) < 4.78 is 13.7. The van der Waals surface area contributed by atoms with E-state index in [1.807, 2.05) is 12.1 Å². The third-order valence-electron chi connectivity index (χ3n) is 3.29. The lowest BCUT2D eigenvalue weighted by Gasteiger charge is -2.26. The molecule has 0 radical (unpaired) electrons. The molecule has 1 aliphatic rings. The lowest BCUT2D eigenvalue weighted by atomic mass is 9.78. The van der Waals surface area contributed by atoms with Gasteiger partial charge in [0.05, 0.1) is 0 Å². The van der Waals surface area contributed by atoms with Crippen molar-refractivity contribution in [2.75, 3.05) is 0 Å². The highest BCUT2D eigenvalue weighted by atomic mass is 19.1. The quantitative estimate of drug-likeness (QED) is 0.601. The summed E-state index contributed by atoms with van der Waals surface area (Å²) >= 11 is 0. The summed E-state index contributed by atoms with van der Waals surface area (Å²) in [5.41, 5.74) is 0.727. The molecule has 0 aliphatic heterocycles. The molecule has 0 bridgehead atoms. The highest BCUT2D eigenvalue weighted by Gasteiger charge is 2.26. The van der Waals surface area contributed by atoms with Gasteiger partial charge in [0.2, 0.25) is 0 Å². The maximum atomic E-state index is 13.7. The predicted octanol–water partition coefficient (Wildman–Crippen LogP) is 4.21. The van der Waals surface area contributed by atoms with Gasteiger partial charge in [-0.3, -0.25) is 0 Å². The smallest absolute Gasteiger partial charge is 0.127 e. The number of halogens is 1. The van der Waals surface area contributed by atoms with Crippen LogP contribution in [0.5, 0.6) is 0 Å². The Bertz CT molecular complexity index is 367. The van der Waals surface area contributed by atoms with Crippen molar-refractivity contribution >= 4 is 0 Å². The van der Waals surface area contributed by atoms with E-state index >= 15 is 0 Å². The van der Waals surface area contributed by atoms with Crippen LogP contribution in [0.3, 0.4) is 0 Å². The monoisotopic (exact) mass is 204 g/mol. The lowest BCUT2D eigenvalue weighted by Crippen LogP contribution is -2.19. The van der Waals surface area contributed by atoms with Gasteiger partial charge in [0.1, 0.15) is 5.82 Å². The van der Waals surface area contributed by atoms with Crippen molar-refractivity contribution < 1.29 is 4.39 Å². The minimum atomic E-state index is -0.109. The van der Waals surface area contributed by atoms with Crippen LogP contribution in [0.4, 0.5) is 4.39 Å². The second-order valence-electron chi connectivity index (χ2n) is 4.55. The van der Waals surface area contributed by atoms with Crippen LogP contribution in [0.15, 0.2) is 36.4 Å². The minimum absolute atomic E-state index is 0.0773. The van der Waals surface area contributed by atoms with Crippen molar-refractivity contribution in [1.29, 1.82) is 0 Å². The first-order chi connectivity index (χ1) is 7.22. The van der Waals surface area contributed by atoms with Crippen molar-refractivity contribution in [2.45, 2.75) is 38.0 Å². The largest absolute Gasteiger partial charge is 0.207 e. The topological polar surface area (TPSA) is 0 Å². The Morgan fingerprint density at radius 3 is 2.80 bits per heavy atom. The molecule has 1 aromatic rings. The maximum Gasteiger partial charge on any atom is 0.127 e. The van der Waals surface area contributed by atoms with Crippen molar-refractivity contribution in [1.82, 2.24) is 0 Å². The summed E-state index contributed by atoms with van der Waals surface area (Å²) in [5.74, 6) is -0.0773. The van der Waals surface area contributed by atoms with Crippen LogP contribution in [0.25, 0.3) is 0 Å². The Labute approximate surface area is 90.8 Å². The molecule has 15 heavy (non-hydrogen) atoms. The molecule has 1 atom stereocenters. The zero-order valence-corrected chi connectivity index (χ0v) is 9.17. The van der Waals surface area contributed by atoms with Crippen molar-refractivity contribution in [3.63, 3.8) is 0 Å². The summed E-state index contributed by atoms with van der Waals surface area (Å²) in [6, 6.07) is 7.13. The highest BCUT2D eigenvalue weighted by Crippen LogP contribution is 2.35. The van der Waals surface area contributed by atoms with Gasteiger partial charge in [-0.15, -0.1) is 0 Å². The minimum Gasteiger partial charge on any atom is -0.207 e. The average Bonchev–Trinajstić information content (AvgIpc) is 2.44. The molecule has 0 fully saturated rings. The van der Waals surface area contributed by atoms with Crippen molar-refractivity contribution in [2.24, 2.45) is 0 Å². The molecule has 0 heterocycles. The summed E-state index contributed by atoms with van der Waals surface area (Å²) in [5, 5.41) is 0.